The van der Waals surface area contributed by atoms with Gasteiger partial charge in [-0.3, -0.25) is 4.79 Å². The molecule has 6 heteroatoms. The summed E-state index contributed by atoms with van der Waals surface area (Å²) in [6, 6.07) is 9.79. The summed E-state index contributed by atoms with van der Waals surface area (Å²) in [4.78, 5) is 14.3. The molecule has 1 aromatic heterocycles. The first kappa shape index (κ1) is 17.3. The van der Waals surface area contributed by atoms with Gasteiger partial charge in [-0.25, -0.2) is 0 Å². The zero-order valence-electron chi connectivity index (χ0n) is 13.7. The Kier molecular flexibility index (Phi) is 6.43. The lowest BCUT2D eigenvalue weighted by molar-refractivity contribution is -0.885. The van der Waals surface area contributed by atoms with E-state index in [0.717, 1.165) is 21.1 Å². The summed E-state index contributed by atoms with van der Waals surface area (Å²) >= 11 is 1.64. The highest BCUT2D eigenvalue weighted by molar-refractivity contribution is 7.09. The third-order valence-corrected chi connectivity index (χ3v) is 4.36. The van der Waals surface area contributed by atoms with E-state index in [2.05, 4.69) is 5.32 Å². The van der Waals surface area contributed by atoms with Crippen LogP contribution in [0.4, 0.5) is 0 Å². The van der Waals surface area contributed by atoms with Crippen molar-refractivity contribution in [2.45, 2.75) is 13.1 Å². The minimum atomic E-state index is 0.0396. The first-order valence-corrected chi connectivity index (χ1v) is 8.32. The lowest BCUT2D eigenvalue weighted by Crippen LogP contribution is -3.08. The molecule has 2 N–H and O–H groups in total. The average molecular weight is 335 g/mol. The normalized spacial score (nSPS) is 11.8. The fourth-order valence-corrected chi connectivity index (χ4v) is 3.06. The van der Waals surface area contributed by atoms with E-state index in [4.69, 9.17) is 9.47 Å². The zero-order valence-corrected chi connectivity index (χ0v) is 14.5. The molecular weight excluding hydrogens is 312 g/mol. The highest BCUT2D eigenvalue weighted by Gasteiger charge is 2.15. The maximum Gasteiger partial charge on any atom is 0.275 e. The Labute approximate surface area is 140 Å². The van der Waals surface area contributed by atoms with Gasteiger partial charge in [-0.2, -0.15) is 0 Å². The molecule has 0 spiro atoms. The Morgan fingerprint density at radius 3 is 2.70 bits per heavy atom. The van der Waals surface area contributed by atoms with Crippen molar-refractivity contribution in [3.8, 4) is 11.5 Å². The van der Waals surface area contributed by atoms with Crippen LogP contribution in [0.5, 0.6) is 11.5 Å². The van der Waals surface area contributed by atoms with Gasteiger partial charge in [0.1, 0.15) is 6.54 Å². The van der Waals surface area contributed by atoms with Gasteiger partial charge >= 0.3 is 0 Å². The van der Waals surface area contributed by atoms with Crippen LogP contribution in [-0.4, -0.2) is 33.7 Å². The van der Waals surface area contributed by atoms with E-state index in [1.165, 1.54) is 0 Å². The highest BCUT2D eigenvalue weighted by Crippen LogP contribution is 2.29. The Balaban J connectivity index is 1.89. The van der Waals surface area contributed by atoms with Crippen LogP contribution in [-0.2, 0) is 17.9 Å². The number of carbonyl (C=O) groups excluding carboxylic acids is 1. The monoisotopic (exact) mass is 335 g/mol. The standard InChI is InChI=1S/C17H22N2O3S/c1-19(12-16(20)18-10-14-7-5-9-23-14)11-13-6-4-8-15(21-2)17(13)22-3/h4-9H,10-12H2,1-3H3,(H,18,20)/p+1. The number of rotatable bonds is 8. The van der Waals surface area contributed by atoms with Gasteiger partial charge < -0.3 is 19.7 Å². The zero-order chi connectivity index (χ0) is 16.7. The van der Waals surface area contributed by atoms with Crippen molar-refractivity contribution >= 4 is 17.2 Å². The van der Waals surface area contributed by atoms with Crippen molar-refractivity contribution in [3.63, 3.8) is 0 Å². The van der Waals surface area contributed by atoms with Gasteiger partial charge in [0.05, 0.1) is 33.4 Å². The molecular formula is C17H23N2O3S+. The summed E-state index contributed by atoms with van der Waals surface area (Å²) < 4.78 is 10.7. The van der Waals surface area contributed by atoms with Crippen LogP contribution >= 0.6 is 11.3 Å². The SMILES string of the molecule is COc1cccc(C[NH+](C)CC(=O)NCc2cccs2)c1OC. The number of thiophene rings is 1. The van der Waals surface area contributed by atoms with Gasteiger partial charge in [-0.1, -0.05) is 12.1 Å². The molecule has 1 unspecified atom stereocenters. The Bertz CT molecular complexity index is 629. The lowest BCUT2D eigenvalue weighted by atomic mass is 10.1. The summed E-state index contributed by atoms with van der Waals surface area (Å²) in [6.07, 6.45) is 0. The highest BCUT2D eigenvalue weighted by atomic mass is 32.1. The topological polar surface area (TPSA) is 52.0 Å². The molecule has 0 radical (unpaired) electrons. The van der Waals surface area contributed by atoms with Crippen molar-refractivity contribution in [2.75, 3.05) is 27.8 Å². The van der Waals surface area contributed by atoms with E-state index in [9.17, 15) is 4.79 Å². The molecule has 1 amide bonds. The lowest BCUT2D eigenvalue weighted by Gasteiger charge is -2.17. The molecule has 0 aliphatic carbocycles. The molecule has 2 aromatic rings. The average Bonchev–Trinajstić information content (AvgIpc) is 3.06. The molecule has 5 nitrogen and oxygen atoms in total. The summed E-state index contributed by atoms with van der Waals surface area (Å²) in [7, 11) is 5.24. The second kappa shape index (κ2) is 8.55. The summed E-state index contributed by atoms with van der Waals surface area (Å²) in [5, 5.41) is 4.96. The molecule has 124 valence electrons. The molecule has 0 fully saturated rings. The van der Waals surface area contributed by atoms with E-state index in [-0.39, 0.29) is 5.91 Å². The van der Waals surface area contributed by atoms with Crippen LogP contribution in [0.15, 0.2) is 35.7 Å². The van der Waals surface area contributed by atoms with Crippen LogP contribution in [0.1, 0.15) is 10.4 Å². The van der Waals surface area contributed by atoms with Crippen LogP contribution in [0.3, 0.4) is 0 Å². The van der Waals surface area contributed by atoms with E-state index in [1.54, 1.807) is 25.6 Å². The van der Waals surface area contributed by atoms with Gasteiger partial charge in [-0.15, -0.1) is 11.3 Å². The number of para-hydroxylation sites is 1. The fraction of sp³-hybridized carbons (Fsp3) is 0.353. The van der Waals surface area contributed by atoms with Crippen LogP contribution < -0.4 is 19.7 Å². The molecule has 1 aromatic carbocycles. The van der Waals surface area contributed by atoms with Crippen molar-refractivity contribution in [1.82, 2.24) is 5.32 Å². The number of nitrogens with one attached hydrogen (secondary N) is 2. The summed E-state index contributed by atoms with van der Waals surface area (Å²) in [5.41, 5.74) is 1.02. The second-order valence-electron chi connectivity index (χ2n) is 5.32. The first-order chi connectivity index (χ1) is 11.1. The third-order valence-electron chi connectivity index (χ3n) is 3.48. The largest absolute Gasteiger partial charge is 0.493 e. The minimum Gasteiger partial charge on any atom is -0.493 e. The van der Waals surface area contributed by atoms with Gasteiger partial charge in [0.2, 0.25) is 0 Å². The smallest absolute Gasteiger partial charge is 0.275 e. The summed E-state index contributed by atoms with van der Waals surface area (Å²) in [6.45, 7) is 1.69. The predicted molar refractivity (Wildman–Crippen MR) is 91.2 cm³/mol. The second-order valence-corrected chi connectivity index (χ2v) is 6.35. The maximum atomic E-state index is 12.0. The van der Waals surface area contributed by atoms with E-state index >= 15 is 0 Å². The fourth-order valence-electron chi connectivity index (χ4n) is 2.42. The molecule has 0 aliphatic heterocycles. The molecule has 0 saturated carbocycles. The van der Waals surface area contributed by atoms with Crippen molar-refractivity contribution < 1.29 is 19.2 Å². The predicted octanol–water partition coefficient (Wildman–Crippen LogP) is 1.10. The van der Waals surface area contributed by atoms with Crippen LogP contribution in [0.2, 0.25) is 0 Å². The Morgan fingerprint density at radius 2 is 2.04 bits per heavy atom. The minimum absolute atomic E-state index is 0.0396. The number of methoxy groups -OCH3 is 2. The molecule has 0 aliphatic rings. The molecule has 23 heavy (non-hydrogen) atoms. The number of amides is 1. The maximum absolute atomic E-state index is 12.0. The number of ether oxygens (including phenoxy) is 2. The molecule has 2 rings (SSSR count). The molecule has 0 saturated heterocycles. The van der Waals surface area contributed by atoms with E-state index in [1.807, 2.05) is 42.8 Å². The van der Waals surface area contributed by atoms with Crippen molar-refractivity contribution in [2.24, 2.45) is 0 Å². The van der Waals surface area contributed by atoms with E-state index < -0.39 is 0 Å². The first-order valence-electron chi connectivity index (χ1n) is 7.44. The number of hydrogen-bond donors (Lipinski definition) is 2. The van der Waals surface area contributed by atoms with Crippen LogP contribution in [0.25, 0.3) is 0 Å². The Hall–Kier alpha value is -2.05. The molecule has 0 bridgehead atoms. The quantitative estimate of drug-likeness (QED) is 0.759. The number of likely N-dealkylation sites (N-methyl/N-ethyl adjacent to an activating group) is 1. The number of carbonyl (C=O) groups is 1. The van der Waals surface area contributed by atoms with Gasteiger partial charge in [0.15, 0.2) is 18.0 Å². The number of benzene rings is 1. The third kappa shape index (κ3) is 4.97. The van der Waals surface area contributed by atoms with Gasteiger partial charge in [-0.05, 0) is 23.6 Å². The summed E-state index contributed by atoms with van der Waals surface area (Å²) in [5.74, 6) is 1.48. The van der Waals surface area contributed by atoms with E-state index in [0.29, 0.717) is 25.4 Å². The Morgan fingerprint density at radius 1 is 1.22 bits per heavy atom. The van der Waals surface area contributed by atoms with Crippen molar-refractivity contribution in [1.29, 1.82) is 0 Å². The molecule has 1 atom stereocenters. The molecule has 1 heterocycles. The number of hydrogen-bond acceptors (Lipinski definition) is 4. The van der Waals surface area contributed by atoms with Crippen molar-refractivity contribution in [3.05, 3.63) is 46.2 Å². The van der Waals surface area contributed by atoms with Gasteiger partial charge in [0, 0.05) is 4.88 Å². The van der Waals surface area contributed by atoms with Crippen LogP contribution in [0, 0.1) is 0 Å². The van der Waals surface area contributed by atoms with Gasteiger partial charge in [0.25, 0.3) is 5.91 Å². The number of quaternary nitrogens is 1.